The van der Waals surface area contributed by atoms with Crippen LogP contribution in [0.25, 0.3) is 0 Å². The SMILES string of the molecule is CCc1cc(C2(c3ccc(O)c(CC)c3)CCCCCCC2)ccc1O. The maximum Gasteiger partial charge on any atom is 0.118 e. The lowest BCUT2D eigenvalue weighted by atomic mass is 9.66. The van der Waals surface area contributed by atoms with Gasteiger partial charge in [0.15, 0.2) is 0 Å². The molecule has 1 fully saturated rings. The monoisotopic (exact) mass is 352 g/mol. The van der Waals surface area contributed by atoms with E-state index in [0.29, 0.717) is 11.5 Å². The van der Waals surface area contributed by atoms with E-state index in [9.17, 15) is 10.2 Å². The molecule has 0 heterocycles. The van der Waals surface area contributed by atoms with Crippen LogP contribution < -0.4 is 0 Å². The van der Waals surface area contributed by atoms with E-state index in [1.165, 1.54) is 43.2 Å². The summed E-state index contributed by atoms with van der Waals surface area (Å²) in [5.74, 6) is 0.800. The number of aryl methyl sites for hydroxylation is 2. The summed E-state index contributed by atoms with van der Waals surface area (Å²) in [6.07, 6.45) is 10.3. The third-order valence-electron chi connectivity index (χ3n) is 6.23. The molecular formula is C24H32O2. The van der Waals surface area contributed by atoms with Crippen molar-refractivity contribution in [1.82, 2.24) is 0 Å². The smallest absolute Gasteiger partial charge is 0.118 e. The van der Waals surface area contributed by atoms with Crippen LogP contribution in [-0.2, 0) is 18.3 Å². The zero-order valence-electron chi connectivity index (χ0n) is 16.2. The fraction of sp³-hybridized carbons (Fsp3) is 0.500. The van der Waals surface area contributed by atoms with Crippen LogP contribution in [0.3, 0.4) is 0 Å². The van der Waals surface area contributed by atoms with Crippen LogP contribution in [0, 0.1) is 0 Å². The number of aromatic hydroxyl groups is 2. The molecule has 0 atom stereocenters. The highest BCUT2D eigenvalue weighted by atomic mass is 16.3. The predicted octanol–water partition coefficient (Wildman–Crippen LogP) is 6.25. The molecule has 0 bridgehead atoms. The van der Waals surface area contributed by atoms with Crippen molar-refractivity contribution >= 4 is 0 Å². The average molecular weight is 353 g/mol. The molecule has 140 valence electrons. The van der Waals surface area contributed by atoms with Gasteiger partial charge in [-0.3, -0.25) is 0 Å². The van der Waals surface area contributed by atoms with Gasteiger partial charge in [-0.15, -0.1) is 0 Å². The Kier molecular flexibility index (Phi) is 5.90. The Morgan fingerprint density at radius 2 is 1.12 bits per heavy atom. The lowest BCUT2D eigenvalue weighted by molar-refractivity contribution is 0.365. The van der Waals surface area contributed by atoms with Gasteiger partial charge in [0.05, 0.1) is 0 Å². The van der Waals surface area contributed by atoms with E-state index in [2.05, 4.69) is 38.1 Å². The molecule has 1 aliphatic carbocycles. The minimum absolute atomic E-state index is 0.0182. The number of hydrogen-bond acceptors (Lipinski definition) is 2. The van der Waals surface area contributed by atoms with E-state index in [0.717, 1.165) is 36.8 Å². The van der Waals surface area contributed by atoms with Crippen LogP contribution in [0.2, 0.25) is 0 Å². The molecule has 1 aliphatic rings. The zero-order valence-corrected chi connectivity index (χ0v) is 16.2. The Morgan fingerprint density at radius 3 is 1.54 bits per heavy atom. The minimum atomic E-state index is -0.0182. The first-order chi connectivity index (χ1) is 12.6. The first-order valence-electron chi connectivity index (χ1n) is 10.3. The quantitative estimate of drug-likeness (QED) is 0.682. The van der Waals surface area contributed by atoms with Gasteiger partial charge in [0.25, 0.3) is 0 Å². The van der Waals surface area contributed by atoms with E-state index in [1.54, 1.807) is 0 Å². The first-order valence-corrected chi connectivity index (χ1v) is 10.3. The fourth-order valence-corrected chi connectivity index (χ4v) is 4.59. The second-order valence-corrected chi connectivity index (χ2v) is 7.74. The van der Waals surface area contributed by atoms with Crippen molar-refractivity contribution in [3.05, 3.63) is 58.7 Å². The molecule has 2 N–H and O–H groups in total. The highest BCUT2D eigenvalue weighted by molar-refractivity contribution is 5.48. The van der Waals surface area contributed by atoms with Crippen LogP contribution >= 0.6 is 0 Å². The molecule has 0 unspecified atom stereocenters. The molecule has 0 radical (unpaired) electrons. The average Bonchev–Trinajstić information content (AvgIpc) is 2.63. The standard InChI is InChI=1S/C24H32O2/c1-3-18-16-20(10-12-22(18)25)24(14-8-6-5-7-9-15-24)21-11-13-23(26)19(4-2)17-21/h10-13,16-17,25-26H,3-9,14-15H2,1-2H3. The lowest BCUT2D eigenvalue weighted by Crippen LogP contribution is -2.29. The zero-order chi connectivity index (χ0) is 18.6. The fourth-order valence-electron chi connectivity index (χ4n) is 4.59. The Hall–Kier alpha value is -1.96. The molecule has 26 heavy (non-hydrogen) atoms. The van der Waals surface area contributed by atoms with Gasteiger partial charge in [0.1, 0.15) is 11.5 Å². The Labute approximate surface area is 157 Å². The Balaban J connectivity index is 2.16. The first kappa shape index (κ1) is 18.8. The molecule has 3 rings (SSSR count). The van der Waals surface area contributed by atoms with Crippen molar-refractivity contribution < 1.29 is 10.2 Å². The van der Waals surface area contributed by atoms with Crippen LogP contribution in [0.1, 0.15) is 81.0 Å². The van der Waals surface area contributed by atoms with E-state index in [1.807, 2.05) is 12.1 Å². The molecule has 0 amide bonds. The minimum Gasteiger partial charge on any atom is -0.508 e. The lowest BCUT2D eigenvalue weighted by Gasteiger charge is -2.37. The highest BCUT2D eigenvalue weighted by Crippen LogP contribution is 2.45. The molecule has 2 aromatic carbocycles. The highest BCUT2D eigenvalue weighted by Gasteiger charge is 2.35. The van der Waals surface area contributed by atoms with Crippen molar-refractivity contribution in [3.8, 4) is 11.5 Å². The molecule has 2 heteroatoms. The predicted molar refractivity (Wildman–Crippen MR) is 108 cm³/mol. The van der Waals surface area contributed by atoms with Crippen molar-refractivity contribution in [3.63, 3.8) is 0 Å². The van der Waals surface area contributed by atoms with Gasteiger partial charge in [-0.1, -0.05) is 70.2 Å². The molecule has 1 saturated carbocycles. The van der Waals surface area contributed by atoms with Gasteiger partial charge in [-0.2, -0.15) is 0 Å². The van der Waals surface area contributed by atoms with E-state index < -0.39 is 0 Å². The molecule has 0 aliphatic heterocycles. The van der Waals surface area contributed by atoms with E-state index >= 15 is 0 Å². The van der Waals surface area contributed by atoms with Gasteiger partial charge in [-0.05, 0) is 60.1 Å². The summed E-state index contributed by atoms with van der Waals surface area (Å²) in [5.41, 5.74) is 4.68. The number of rotatable bonds is 4. The third-order valence-corrected chi connectivity index (χ3v) is 6.23. The Bertz CT molecular complexity index is 684. The van der Waals surface area contributed by atoms with Gasteiger partial charge in [0, 0.05) is 5.41 Å². The summed E-state index contributed by atoms with van der Waals surface area (Å²) in [6.45, 7) is 4.19. The maximum atomic E-state index is 10.2. The summed E-state index contributed by atoms with van der Waals surface area (Å²) >= 11 is 0. The number of hydrogen-bond donors (Lipinski definition) is 2. The van der Waals surface area contributed by atoms with Gasteiger partial charge >= 0.3 is 0 Å². The van der Waals surface area contributed by atoms with Crippen molar-refractivity contribution in [1.29, 1.82) is 0 Å². The van der Waals surface area contributed by atoms with Crippen LogP contribution in [0.5, 0.6) is 11.5 Å². The van der Waals surface area contributed by atoms with Crippen LogP contribution in [-0.4, -0.2) is 10.2 Å². The summed E-state index contributed by atoms with van der Waals surface area (Å²) in [7, 11) is 0. The Morgan fingerprint density at radius 1 is 0.692 bits per heavy atom. The summed E-state index contributed by atoms with van der Waals surface area (Å²) in [5, 5.41) is 20.3. The number of benzene rings is 2. The maximum absolute atomic E-state index is 10.2. The molecule has 0 spiro atoms. The number of phenolic OH excluding ortho intramolecular Hbond substituents is 2. The molecule has 2 aromatic rings. The second kappa shape index (κ2) is 8.16. The normalized spacial score (nSPS) is 17.5. The number of phenols is 2. The van der Waals surface area contributed by atoms with E-state index in [-0.39, 0.29) is 5.41 Å². The van der Waals surface area contributed by atoms with Gasteiger partial charge in [-0.25, -0.2) is 0 Å². The molecule has 2 nitrogen and oxygen atoms in total. The van der Waals surface area contributed by atoms with Crippen LogP contribution in [0.4, 0.5) is 0 Å². The summed E-state index contributed by atoms with van der Waals surface area (Å²) in [6, 6.07) is 12.4. The molecular weight excluding hydrogens is 320 g/mol. The summed E-state index contributed by atoms with van der Waals surface area (Å²) < 4.78 is 0. The third kappa shape index (κ3) is 3.60. The van der Waals surface area contributed by atoms with Crippen molar-refractivity contribution in [2.75, 3.05) is 0 Å². The second-order valence-electron chi connectivity index (χ2n) is 7.74. The van der Waals surface area contributed by atoms with Gasteiger partial charge < -0.3 is 10.2 Å². The summed E-state index contributed by atoms with van der Waals surface area (Å²) in [4.78, 5) is 0. The van der Waals surface area contributed by atoms with Crippen LogP contribution in [0.15, 0.2) is 36.4 Å². The topological polar surface area (TPSA) is 40.5 Å². The van der Waals surface area contributed by atoms with Gasteiger partial charge in [0.2, 0.25) is 0 Å². The largest absolute Gasteiger partial charge is 0.508 e. The van der Waals surface area contributed by atoms with Crippen molar-refractivity contribution in [2.45, 2.75) is 77.0 Å². The molecule has 0 saturated heterocycles. The molecule has 0 aromatic heterocycles. The van der Waals surface area contributed by atoms with Crippen molar-refractivity contribution in [2.24, 2.45) is 0 Å². The van der Waals surface area contributed by atoms with E-state index in [4.69, 9.17) is 0 Å².